The third-order valence-corrected chi connectivity index (χ3v) is 6.54. The van der Waals surface area contributed by atoms with Crippen LogP contribution in [0.5, 0.6) is 5.75 Å². The van der Waals surface area contributed by atoms with E-state index in [-0.39, 0.29) is 0 Å². The van der Waals surface area contributed by atoms with E-state index in [1.54, 1.807) is 0 Å². The van der Waals surface area contributed by atoms with Crippen LogP contribution in [0.2, 0.25) is 6.55 Å². The molecule has 0 N–H and O–H groups in total. The van der Waals surface area contributed by atoms with Crippen LogP contribution in [-0.2, 0) is 11.3 Å². The summed E-state index contributed by atoms with van der Waals surface area (Å²) in [6.07, 6.45) is 5.79. The van der Waals surface area contributed by atoms with Gasteiger partial charge in [0.2, 0.25) is 5.79 Å². The van der Waals surface area contributed by atoms with Crippen molar-refractivity contribution in [3.05, 3.63) is 23.8 Å². The van der Waals surface area contributed by atoms with Crippen LogP contribution >= 0.6 is 22.2 Å². The van der Waals surface area contributed by atoms with Crippen molar-refractivity contribution in [1.82, 2.24) is 0 Å². The molecule has 1 aromatic carbocycles. The second kappa shape index (κ2) is 6.91. The standard InChI is InChI=1S/C16H24Cl2O2Si/c1-4-5-6-7-10-16(2)19-12-13-11-14(21(3,17)18)8-9-15(13)20-16/h8-9,11H,4-7,10,12H2,1-3H3. The molecule has 0 fully saturated rings. The Balaban J connectivity index is 2.03. The highest BCUT2D eigenvalue weighted by Gasteiger charge is 2.33. The summed E-state index contributed by atoms with van der Waals surface area (Å²) in [5, 5.41) is 1.00. The van der Waals surface area contributed by atoms with Gasteiger partial charge in [0.15, 0.2) is 0 Å². The fourth-order valence-electron chi connectivity index (χ4n) is 2.55. The number of ether oxygens (including phenoxy) is 2. The average molecular weight is 347 g/mol. The SMILES string of the molecule is CCCCCCC1(C)OCc2cc([Si](C)(Cl)Cl)ccc2O1. The van der Waals surface area contributed by atoms with Gasteiger partial charge in [0.05, 0.1) is 6.61 Å². The first kappa shape index (κ1) is 17.1. The van der Waals surface area contributed by atoms with Crippen LogP contribution in [-0.4, -0.2) is 12.5 Å². The molecular weight excluding hydrogens is 323 g/mol. The molecule has 1 aromatic rings. The number of unbranched alkanes of at least 4 members (excludes halogenated alkanes) is 3. The van der Waals surface area contributed by atoms with Crippen LogP contribution in [0.4, 0.5) is 0 Å². The predicted molar refractivity (Wildman–Crippen MR) is 92.0 cm³/mol. The summed E-state index contributed by atoms with van der Waals surface area (Å²) < 4.78 is 12.0. The number of rotatable bonds is 6. The quantitative estimate of drug-likeness (QED) is 0.408. The molecule has 1 atom stereocenters. The van der Waals surface area contributed by atoms with Crippen molar-refractivity contribution in [2.45, 2.75) is 64.9 Å². The smallest absolute Gasteiger partial charge is 0.277 e. The summed E-state index contributed by atoms with van der Waals surface area (Å²) in [6, 6.07) is 5.99. The fourth-order valence-corrected chi connectivity index (χ4v) is 4.06. The normalized spacial score (nSPS) is 21.8. The Morgan fingerprint density at radius 1 is 1.24 bits per heavy atom. The van der Waals surface area contributed by atoms with Gasteiger partial charge in [-0.2, -0.15) is 0 Å². The second-order valence-corrected chi connectivity index (χ2v) is 13.5. The predicted octanol–water partition coefficient (Wildman–Crippen LogP) is 5.04. The fraction of sp³-hybridized carbons (Fsp3) is 0.625. The summed E-state index contributed by atoms with van der Waals surface area (Å²) >= 11 is 12.6. The number of hydrogen-bond acceptors (Lipinski definition) is 2. The van der Waals surface area contributed by atoms with E-state index >= 15 is 0 Å². The first-order valence-corrected chi connectivity index (χ1v) is 12.2. The van der Waals surface area contributed by atoms with Crippen molar-refractivity contribution in [2.24, 2.45) is 0 Å². The van der Waals surface area contributed by atoms with Crippen molar-refractivity contribution in [1.29, 1.82) is 0 Å². The largest absolute Gasteiger partial charge is 0.462 e. The van der Waals surface area contributed by atoms with Crippen LogP contribution in [0, 0.1) is 0 Å². The summed E-state index contributed by atoms with van der Waals surface area (Å²) in [5.41, 5.74) is 1.04. The average Bonchev–Trinajstić information content (AvgIpc) is 2.42. The van der Waals surface area contributed by atoms with Crippen LogP contribution in [0.3, 0.4) is 0 Å². The summed E-state index contributed by atoms with van der Waals surface area (Å²) in [5.74, 6) is 0.389. The van der Waals surface area contributed by atoms with E-state index in [0.717, 1.165) is 29.3 Å². The molecule has 1 unspecified atom stereocenters. The highest BCUT2D eigenvalue weighted by atomic mass is 35.7. The van der Waals surface area contributed by atoms with E-state index in [4.69, 9.17) is 31.6 Å². The lowest BCUT2D eigenvalue weighted by molar-refractivity contribution is -0.198. The number of halogens is 2. The van der Waals surface area contributed by atoms with Gasteiger partial charge in [0.25, 0.3) is 6.69 Å². The Labute approximate surface area is 138 Å². The monoisotopic (exact) mass is 346 g/mol. The highest BCUT2D eigenvalue weighted by molar-refractivity contribution is 7.50. The second-order valence-electron chi connectivity index (χ2n) is 6.05. The van der Waals surface area contributed by atoms with Crippen molar-refractivity contribution in [3.8, 4) is 5.75 Å². The molecule has 1 heterocycles. The van der Waals surface area contributed by atoms with Crippen LogP contribution in [0.15, 0.2) is 18.2 Å². The van der Waals surface area contributed by atoms with Gasteiger partial charge >= 0.3 is 0 Å². The van der Waals surface area contributed by atoms with Crippen LogP contribution in [0.1, 0.15) is 51.5 Å². The molecule has 2 rings (SSSR count). The maximum atomic E-state index is 6.28. The van der Waals surface area contributed by atoms with Crippen molar-refractivity contribution >= 4 is 34.0 Å². The first-order chi connectivity index (χ1) is 9.84. The molecule has 21 heavy (non-hydrogen) atoms. The highest BCUT2D eigenvalue weighted by Crippen LogP contribution is 2.34. The van der Waals surface area contributed by atoms with Gasteiger partial charge in [-0.05, 0) is 24.2 Å². The number of hydrogen-bond donors (Lipinski definition) is 0. The maximum Gasteiger partial charge on any atom is 0.277 e. The van der Waals surface area contributed by atoms with Crippen molar-refractivity contribution in [2.75, 3.05) is 0 Å². The molecule has 0 spiro atoms. The lowest BCUT2D eigenvalue weighted by atomic mass is 10.1. The van der Waals surface area contributed by atoms with Gasteiger partial charge < -0.3 is 9.47 Å². The van der Waals surface area contributed by atoms with Gasteiger partial charge in [-0.3, -0.25) is 0 Å². The molecule has 0 saturated heterocycles. The van der Waals surface area contributed by atoms with E-state index in [0.29, 0.717) is 6.61 Å². The molecule has 0 aromatic heterocycles. The Hall–Kier alpha value is -0.223. The van der Waals surface area contributed by atoms with Crippen molar-refractivity contribution in [3.63, 3.8) is 0 Å². The molecule has 5 heteroatoms. The first-order valence-electron chi connectivity index (χ1n) is 7.68. The number of fused-ring (bicyclic) bond motifs is 1. The Morgan fingerprint density at radius 3 is 2.67 bits per heavy atom. The third kappa shape index (κ3) is 4.62. The molecule has 1 aliphatic rings. The minimum atomic E-state index is -2.33. The van der Waals surface area contributed by atoms with Crippen LogP contribution < -0.4 is 9.92 Å². The van der Waals surface area contributed by atoms with Gasteiger partial charge in [0.1, 0.15) is 5.75 Å². The Bertz CT molecular complexity index is 488. The molecule has 1 aliphatic heterocycles. The van der Waals surface area contributed by atoms with E-state index in [2.05, 4.69) is 6.92 Å². The van der Waals surface area contributed by atoms with Gasteiger partial charge in [-0.1, -0.05) is 38.3 Å². The van der Waals surface area contributed by atoms with Gasteiger partial charge in [-0.25, -0.2) is 0 Å². The van der Waals surface area contributed by atoms with Crippen LogP contribution in [0.25, 0.3) is 0 Å². The van der Waals surface area contributed by atoms with Gasteiger partial charge in [-0.15, -0.1) is 22.2 Å². The molecule has 2 nitrogen and oxygen atoms in total. The van der Waals surface area contributed by atoms with Crippen molar-refractivity contribution < 1.29 is 9.47 Å². The minimum Gasteiger partial charge on any atom is -0.462 e. The summed E-state index contributed by atoms with van der Waals surface area (Å²) in [4.78, 5) is 0. The summed E-state index contributed by atoms with van der Waals surface area (Å²) in [6.45, 7) is 4.38. The third-order valence-electron chi connectivity index (χ3n) is 3.91. The molecule has 0 amide bonds. The topological polar surface area (TPSA) is 18.5 Å². The molecule has 118 valence electrons. The maximum absolute atomic E-state index is 6.28. The molecule has 0 bridgehead atoms. The van der Waals surface area contributed by atoms with E-state index < -0.39 is 12.5 Å². The van der Waals surface area contributed by atoms with E-state index in [9.17, 15) is 0 Å². The minimum absolute atomic E-state index is 0.509. The van der Waals surface area contributed by atoms with E-state index in [1.807, 2.05) is 31.7 Å². The molecule has 0 aliphatic carbocycles. The lowest BCUT2D eigenvalue weighted by Gasteiger charge is -2.36. The molecular formula is C16H24Cl2O2Si. The molecule has 0 saturated carbocycles. The zero-order chi connectivity index (χ0) is 15.5. The Morgan fingerprint density at radius 2 is 2.00 bits per heavy atom. The Kier molecular flexibility index (Phi) is 5.63. The lowest BCUT2D eigenvalue weighted by Crippen LogP contribution is -2.40. The van der Waals surface area contributed by atoms with E-state index in [1.165, 1.54) is 19.3 Å². The molecule has 0 radical (unpaired) electrons. The zero-order valence-corrected chi connectivity index (χ0v) is 15.6. The summed E-state index contributed by atoms with van der Waals surface area (Å²) in [7, 11) is 0. The van der Waals surface area contributed by atoms with Gasteiger partial charge in [0, 0.05) is 18.9 Å². The zero-order valence-electron chi connectivity index (χ0n) is 13.0. The number of benzene rings is 1.